The van der Waals surface area contributed by atoms with Crippen LogP contribution in [0.3, 0.4) is 0 Å². The Morgan fingerprint density at radius 1 is 1.43 bits per heavy atom. The summed E-state index contributed by atoms with van der Waals surface area (Å²) in [5.41, 5.74) is 1.01. The minimum Gasteiger partial charge on any atom is -0.347 e. The Morgan fingerprint density at radius 3 is 2.95 bits per heavy atom. The molecule has 1 amide bonds. The highest BCUT2D eigenvalue weighted by atomic mass is 32.1. The maximum atomic E-state index is 12.2. The van der Waals surface area contributed by atoms with Gasteiger partial charge in [-0.05, 0) is 6.42 Å². The molecule has 106 valence electrons. The van der Waals surface area contributed by atoms with Crippen LogP contribution in [0.25, 0.3) is 10.6 Å². The number of carbonyl (C=O) groups excluding carboxylic acids is 1. The predicted molar refractivity (Wildman–Crippen MR) is 80.6 cm³/mol. The predicted octanol–water partition coefficient (Wildman–Crippen LogP) is 2.10. The minimum absolute atomic E-state index is 0.0411. The zero-order chi connectivity index (χ0) is 14.7. The van der Waals surface area contributed by atoms with Crippen molar-refractivity contribution in [2.45, 2.75) is 12.5 Å². The lowest BCUT2D eigenvalue weighted by atomic mass is 10.2. The van der Waals surface area contributed by atoms with Gasteiger partial charge in [0.2, 0.25) is 0 Å². The van der Waals surface area contributed by atoms with Gasteiger partial charge in [0.25, 0.3) is 5.91 Å². The molecular formula is C15H14N4OS. The van der Waals surface area contributed by atoms with E-state index in [1.165, 1.54) is 11.3 Å². The van der Waals surface area contributed by atoms with Gasteiger partial charge in [-0.2, -0.15) is 5.26 Å². The van der Waals surface area contributed by atoms with Crippen molar-refractivity contribution in [1.29, 1.82) is 5.26 Å². The lowest BCUT2D eigenvalue weighted by molar-refractivity contribution is 0.0942. The van der Waals surface area contributed by atoms with E-state index in [4.69, 9.17) is 5.26 Å². The van der Waals surface area contributed by atoms with E-state index in [-0.39, 0.29) is 11.9 Å². The number of likely N-dealkylation sites (tertiary alicyclic amines) is 1. The Balaban J connectivity index is 1.67. The van der Waals surface area contributed by atoms with Crippen molar-refractivity contribution in [2.24, 2.45) is 0 Å². The Hall–Kier alpha value is -2.39. The molecule has 2 heterocycles. The van der Waals surface area contributed by atoms with Crippen molar-refractivity contribution >= 4 is 17.2 Å². The van der Waals surface area contributed by atoms with Gasteiger partial charge in [0.1, 0.15) is 9.88 Å². The number of carbonyl (C=O) groups is 1. The van der Waals surface area contributed by atoms with E-state index < -0.39 is 0 Å². The number of nitriles is 1. The van der Waals surface area contributed by atoms with Gasteiger partial charge in [-0.15, -0.1) is 11.3 Å². The van der Waals surface area contributed by atoms with Crippen LogP contribution in [0.5, 0.6) is 0 Å². The number of amides is 1. The van der Waals surface area contributed by atoms with Gasteiger partial charge < -0.3 is 10.2 Å². The first kappa shape index (κ1) is 13.6. The summed E-state index contributed by atoms with van der Waals surface area (Å²) in [4.78, 5) is 18.8. The molecule has 3 rings (SSSR count). The lowest BCUT2D eigenvalue weighted by Crippen LogP contribution is -2.36. The average Bonchev–Trinajstić information content (AvgIpc) is 3.17. The zero-order valence-corrected chi connectivity index (χ0v) is 12.1. The van der Waals surface area contributed by atoms with Gasteiger partial charge in [-0.25, -0.2) is 4.98 Å². The Labute approximate surface area is 126 Å². The normalized spacial score (nSPS) is 17.5. The van der Waals surface area contributed by atoms with Crippen molar-refractivity contribution in [3.8, 4) is 16.8 Å². The van der Waals surface area contributed by atoms with Gasteiger partial charge in [0, 0.05) is 24.7 Å². The van der Waals surface area contributed by atoms with Crippen LogP contribution >= 0.6 is 11.3 Å². The second-order valence-corrected chi connectivity index (χ2v) is 5.93. The van der Waals surface area contributed by atoms with Gasteiger partial charge in [-0.3, -0.25) is 4.79 Å². The Morgan fingerprint density at radius 2 is 2.24 bits per heavy atom. The molecule has 0 saturated carbocycles. The number of nitrogens with zero attached hydrogens (tertiary/aromatic N) is 3. The fourth-order valence-corrected chi connectivity index (χ4v) is 3.14. The molecule has 0 aliphatic carbocycles. The maximum Gasteiger partial charge on any atom is 0.263 e. The zero-order valence-electron chi connectivity index (χ0n) is 11.3. The summed E-state index contributed by atoms with van der Waals surface area (Å²) in [6.07, 6.45) is 4.52. The molecule has 1 aliphatic heterocycles. The number of rotatable bonds is 3. The van der Waals surface area contributed by atoms with Crippen LogP contribution in [0.15, 0.2) is 36.5 Å². The Bertz CT molecular complexity index is 676. The summed E-state index contributed by atoms with van der Waals surface area (Å²) in [6.45, 7) is 1.30. The molecule has 1 aromatic carbocycles. The van der Waals surface area contributed by atoms with Crippen LogP contribution in [0.4, 0.5) is 0 Å². The highest BCUT2D eigenvalue weighted by molar-refractivity contribution is 7.16. The van der Waals surface area contributed by atoms with Gasteiger partial charge in [0.15, 0.2) is 6.19 Å². The van der Waals surface area contributed by atoms with E-state index in [0.717, 1.165) is 17.0 Å². The second-order valence-electron chi connectivity index (χ2n) is 4.90. The monoisotopic (exact) mass is 298 g/mol. The molecule has 5 nitrogen and oxygen atoms in total. The number of hydrogen-bond acceptors (Lipinski definition) is 5. The molecule has 1 N–H and O–H groups in total. The summed E-state index contributed by atoms with van der Waals surface area (Å²) in [7, 11) is 0. The van der Waals surface area contributed by atoms with Gasteiger partial charge in [-0.1, -0.05) is 30.3 Å². The largest absolute Gasteiger partial charge is 0.347 e. The maximum absolute atomic E-state index is 12.2. The van der Waals surface area contributed by atoms with Crippen molar-refractivity contribution in [1.82, 2.24) is 15.2 Å². The van der Waals surface area contributed by atoms with Gasteiger partial charge in [0.05, 0.1) is 6.20 Å². The van der Waals surface area contributed by atoms with Crippen LogP contribution in [0, 0.1) is 11.5 Å². The molecule has 2 aromatic rings. The van der Waals surface area contributed by atoms with E-state index in [1.807, 2.05) is 30.3 Å². The topological polar surface area (TPSA) is 69.0 Å². The number of hydrogen-bond donors (Lipinski definition) is 1. The molecule has 1 aromatic heterocycles. The first-order valence-electron chi connectivity index (χ1n) is 6.73. The second kappa shape index (κ2) is 5.94. The van der Waals surface area contributed by atoms with Crippen LogP contribution in [0.2, 0.25) is 0 Å². The highest BCUT2D eigenvalue weighted by Crippen LogP contribution is 2.24. The van der Waals surface area contributed by atoms with Crippen molar-refractivity contribution < 1.29 is 4.79 Å². The molecule has 1 saturated heterocycles. The van der Waals surface area contributed by atoms with E-state index in [9.17, 15) is 4.79 Å². The minimum atomic E-state index is -0.112. The van der Waals surface area contributed by atoms with Crippen LogP contribution < -0.4 is 5.32 Å². The molecule has 1 unspecified atom stereocenters. The molecule has 6 heteroatoms. The summed E-state index contributed by atoms with van der Waals surface area (Å²) >= 11 is 1.38. The third-order valence-electron chi connectivity index (χ3n) is 3.42. The summed E-state index contributed by atoms with van der Waals surface area (Å²) in [5, 5.41) is 12.6. The molecule has 0 radical (unpaired) electrons. The smallest absolute Gasteiger partial charge is 0.263 e. The fourth-order valence-electron chi connectivity index (χ4n) is 2.32. The first-order chi connectivity index (χ1) is 10.3. The summed E-state index contributed by atoms with van der Waals surface area (Å²) < 4.78 is 0. The summed E-state index contributed by atoms with van der Waals surface area (Å²) in [5.74, 6) is -0.112. The van der Waals surface area contributed by atoms with Crippen molar-refractivity contribution in [3.05, 3.63) is 41.4 Å². The first-order valence-corrected chi connectivity index (χ1v) is 7.54. The van der Waals surface area contributed by atoms with Crippen molar-refractivity contribution in [3.63, 3.8) is 0 Å². The third kappa shape index (κ3) is 3.03. The molecule has 1 fully saturated rings. The molecule has 21 heavy (non-hydrogen) atoms. The van der Waals surface area contributed by atoms with E-state index in [0.29, 0.717) is 18.0 Å². The third-order valence-corrected chi connectivity index (χ3v) is 4.46. The SMILES string of the molecule is N#CN1CCC(NC(=O)c2cnc(-c3ccccc3)s2)C1. The number of thiazole rings is 1. The van der Waals surface area contributed by atoms with E-state index in [1.54, 1.807) is 11.1 Å². The molecule has 1 atom stereocenters. The highest BCUT2D eigenvalue weighted by Gasteiger charge is 2.24. The number of aromatic nitrogens is 1. The molecule has 0 spiro atoms. The fraction of sp³-hybridized carbons (Fsp3) is 0.267. The average molecular weight is 298 g/mol. The van der Waals surface area contributed by atoms with Gasteiger partial charge >= 0.3 is 0 Å². The standard InChI is InChI=1S/C15H14N4OS/c16-10-19-7-6-12(9-19)18-14(20)13-8-17-15(21-13)11-4-2-1-3-5-11/h1-5,8,12H,6-7,9H2,(H,18,20). The molecule has 1 aliphatic rings. The molecular weight excluding hydrogens is 284 g/mol. The number of nitrogens with one attached hydrogen (secondary N) is 1. The van der Waals surface area contributed by atoms with Crippen LogP contribution in [-0.4, -0.2) is 34.9 Å². The van der Waals surface area contributed by atoms with Crippen molar-refractivity contribution in [2.75, 3.05) is 13.1 Å². The van der Waals surface area contributed by atoms with Crippen LogP contribution in [-0.2, 0) is 0 Å². The van der Waals surface area contributed by atoms with E-state index in [2.05, 4.69) is 16.5 Å². The lowest BCUT2D eigenvalue weighted by Gasteiger charge is -2.10. The molecule has 0 bridgehead atoms. The quantitative estimate of drug-likeness (QED) is 0.881. The van der Waals surface area contributed by atoms with E-state index >= 15 is 0 Å². The van der Waals surface area contributed by atoms with Crippen LogP contribution in [0.1, 0.15) is 16.1 Å². The Kier molecular flexibility index (Phi) is 3.84. The number of benzene rings is 1. The summed E-state index contributed by atoms with van der Waals surface area (Å²) in [6, 6.07) is 9.84.